The minimum absolute atomic E-state index is 0.153. The van der Waals surface area contributed by atoms with Crippen molar-refractivity contribution in [3.63, 3.8) is 0 Å². The van der Waals surface area contributed by atoms with E-state index in [-0.39, 0.29) is 5.56 Å². The molecule has 19 heavy (non-hydrogen) atoms. The molecule has 0 aliphatic heterocycles. The molecular formula is C13H8BrClN2OS. The van der Waals surface area contributed by atoms with Crippen molar-refractivity contribution in [3.05, 3.63) is 61.6 Å². The Bertz CT molecular complexity index is 790. The molecule has 0 unspecified atom stereocenters. The fraction of sp³-hybridized carbons (Fsp3) is 0. The van der Waals surface area contributed by atoms with Crippen LogP contribution in [-0.4, -0.2) is 9.78 Å². The van der Waals surface area contributed by atoms with Gasteiger partial charge in [0.25, 0.3) is 5.56 Å². The number of aromatic amines is 1. The largest absolute Gasteiger partial charge is 0.268 e. The summed E-state index contributed by atoms with van der Waals surface area (Å²) in [7, 11) is 0. The van der Waals surface area contributed by atoms with Gasteiger partial charge in [-0.15, -0.1) is 11.3 Å². The highest BCUT2D eigenvalue weighted by Crippen LogP contribution is 2.32. The van der Waals surface area contributed by atoms with Crippen LogP contribution in [0.4, 0.5) is 0 Å². The van der Waals surface area contributed by atoms with E-state index >= 15 is 0 Å². The van der Waals surface area contributed by atoms with Gasteiger partial charge in [-0.1, -0.05) is 23.7 Å². The quantitative estimate of drug-likeness (QED) is 0.731. The van der Waals surface area contributed by atoms with Crippen LogP contribution < -0.4 is 5.56 Å². The smallest absolute Gasteiger partial charge is 0.265 e. The van der Waals surface area contributed by atoms with Crippen LogP contribution in [0.1, 0.15) is 0 Å². The van der Waals surface area contributed by atoms with Gasteiger partial charge < -0.3 is 0 Å². The minimum atomic E-state index is -0.153. The normalized spacial score (nSPS) is 10.8. The number of hydrogen-bond acceptors (Lipinski definition) is 2. The van der Waals surface area contributed by atoms with E-state index in [9.17, 15) is 4.79 Å². The van der Waals surface area contributed by atoms with E-state index in [2.05, 4.69) is 21.0 Å². The lowest BCUT2D eigenvalue weighted by molar-refractivity contribution is 0.872. The van der Waals surface area contributed by atoms with Crippen molar-refractivity contribution in [1.29, 1.82) is 0 Å². The number of para-hydroxylation sites is 1. The van der Waals surface area contributed by atoms with Crippen molar-refractivity contribution in [2.45, 2.75) is 0 Å². The van der Waals surface area contributed by atoms with Gasteiger partial charge in [0.1, 0.15) is 0 Å². The number of thiophene rings is 1. The van der Waals surface area contributed by atoms with Gasteiger partial charge in [0.15, 0.2) is 0 Å². The molecule has 0 aliphatic carbocycles. The third-order valence-corrected chi connectivity index (χ3v) is 4.62. The van der Waals surface area contributed by atoms with E-state index in [0.29, 0.717) is 5.02 Å². The second-order valence-electron chi connectivity index (χ2n) is 3.90. The molecule has 2 aromatic heterocycles. The number of H-pyrrole nitrogens is 1. The minimum Gasteiger partial charge on any atom is -0.268 e. The zero-order valence-corrected chi connectivity index (χ0v) is 12.7. The predicted molar refractivity (Wildman–Crippen MR) is 82.4 cm³/mol. The van der Waals surface area contributed by atoms with Gasteiger partial charge in [-0.05, 0) is 40.2 Å². The van der Waals surface area contributed by atoms with Gasteiger partial charge in [-0.3, -0.25) is 14.6 Å². The fourth-order valence-electron chi connectivity index (χ4n) is 1.85. The van der Waals surface area contributed by atoms with E-state index in [4.69, 9.17) is 11.6 Å². The predicted octanol–water partition coefficient (Wildman–Crippen LogP) is 4.31. The third-order valence-electron chi connectivity index (χ3n) is 2.65. The van der Waals surface area contributed by atoms with Crippen molar-refractivity contribution >= 4 is 38.9 Å². The van der Waals surface area contributed by atoms with Crippen molar-refractivity contribution < 1.29 is 0 Å². The Labute approximate surface area is 126 Å². The second-order valence-corrected chi connectivity index (χ2v) is 6.77. The molecule has 1 aromatic carbocycles. The van der Waals surface area contributed by atoms with Crippen molar-refractivity contribution in [1.82, 2.24) is 9.78 Å². The van der Waals surface area contributed by atoms with Crippen LogP contribution in [0.15, 0.2) is 51.0 Å². The van der Waals surface area contributed by atoms with Gasteiger partial charge in [-0.25, -0.2) is 0 Å². The molecule has 0 aliphatic rings. The number of halogens is 2. The molecule has 3 aromatic rings. The molecule has 0 fully saturated rings. The first kappa shape index (κ1) is 12.7. The standard InChI is InChI=1S/C13H8BrClN2OS/c14-12-6-5-11(19-12)10-7-13(18)16-17(10)9-4-2-1-3-8(9)15/h1-7H,(H,16,18). The molecular weight excluding hydrogens is 348 g/mol. The SMILES string of the molecule is O=c1cc(-c2ccc(Br)s2)n(-c2ccccc2Cl)[nH]1. The summed E-state index contributed by atoms with van der Waals surface area (Å²) in [6, 6.07) is 12.9. The Kier molecular flexibility index (Phi) is 3.35. The first-order valence-corrected chi connectivity index (χ1v) is 7.46. The van der Waals surface area contributed by atoms with Crippen LogP contribution in [0.3, 0.4) is 0 Å². The molecule has 3 rings (SSSR count). The maximum absolute atomic E-state index is 11.6. The summed E-state index contributed by atoms with van der Waals surface area (Å²) in [4.78, 5) is 12.6. The summed E-state index contributed by atoms with van der Waals surface area (Å²) >= 11 is 11.2. The van der Waals surface area contributed by atoms with Gasteiger partial charge >= 0.3 is 0 Å². The van der Waals surface area contributed by atoms with Crippen LogP contribution in [0.2, 0.25) is 5.02 Å². The summed E-state index contributed by atoms with van der Waals surface area (Å²) in [5.74, 6) is 0. The number of benzene rings is 1. The zero-order valence-electron chi connectivity index (χ0n) is 9.56. The molecule has 0 bridgehead atoms. The summed E-state index contributed by atoms with van der Waals surface area (Å²) in [6.45, 7) is 0. The van der Waals surface area contributed by atoms with Crippen LogP contribution in [0.25, 0.3) is 16.3 Å². The van der Waals surface area contributed by atoms with Gasteiger partial charge in [0.2, 0.25) is 0 Å². The number of rotatable bonds is 2. The molecule has 0 saturated heterocycles. The van der Waals surface area contributed by atoms with Crippen molar-refractivity contribution in [2.75, 3.05) is 0 Å². The molecule has 96 valence electrons. The maximum atomic E-state index is 11.6. The molecule has 0 amide bonds. The monoisotopic (exact) mass is 354 g/mol. The van der Waals surface area contributed by atoms with Crippen LogP contribution in [0.5, 0.6) is 0 Å². The van der Waals surface area contributed by atoms with Crippen molar-refractivity contribution in [3.8, 4) is 16.3 Å². The Morgan fingerprint density at radius 1 is 1.21 bits per heavy atom. The Morgan fingerprint density at radius 2 is 2.00 bits per heavy atom. The summed E-state index contributed by atoms with van der Waals surface area (Å²) < 4.78 is 2.73. The Balaban J connectivity index is 2.23. The average molecular weight is 356 g/mol. The summed E-state index contributed by atoms with van der Waals surface area (Å²) in [5.41, 5.74) is 1.40. The zero-order chi connectivity index (χ0) is 13.4. The van der Waals surface area contributed by atoms with Gasteiger partial charge in [0, 0.05) is 6.07 Å². The average Bonchev–Trinajstić information content (AvgIpc) is 2.96. The van der Waals surface area contributed by atoms with E-state index in [1.165, 1.54) is 0 Å². The van der Waals surface area contributed by atoms with E-state index < -0.39 is 0 Å². The third kappa shape index (κ3) is 2.41. The highest BCUT2D eigenvalue weighted by Gasteiger charge is 2.12. The highest BCUT2D eigenvalue weighted by molar-refractivity contribution is 9.11. The molecule has 3 nitrogen and oxygen atoms in total. The number of nitrogens with one attached hydrogen (secondary N) is 1. The second kappa shape index (κ2) is 5.00. The number of aromatic nitrogens is 2. The maximum Gasteiger partial charge on any atom is 0.265 e. The summed E-state index contributed by atoms with van der Waals surface area (Å²) in [5, 5.41) is 3.37. The lowest BCUT2D eigenvalue weighted by Crippen LogP contribution is -2.04. The first-order valence-electron chi connectivity index (χ1n) is 5.48. The Hall–Kier alpha value is -1.30. The molecule has 0 saturated carbocycles. The Morgan fingerprint density at radius 3 is 2.68 bits per heavy atom. The lowest BCUT2D eigenvalue weighted by atomic mass is 10.3. The van der Waals surface area contributed by atoms with E-state index in [1.807, 2.05) is 30.3 Å². The first-order chi connectivity index (χ1) is 9.15. The highest BCUT2D eigenvalue weighted by atomic mass is 79.9. The summed E-state index contributed by atoms with van der Waals surface area (Å²) in [6.07, 6.45) is 0. The van der Waals surface area contributed by atoms with Crippen molar-refractivity contribution in [2.24, 2.45) is 0 Å². The topological polar surface area (TPSA) is 37.8 Å². The van der Waals surface area contributed by atoms with E-state index in [0.717, 1.165) is 20.0 Å². The molecule has 2 heterocycles. The molecule has 0 spiro atoms. The van der Waals surface area contributed by atoms with Crippen LogP contribution in [0, 0.1) is 0 Å². The van der Waals surface area contributed by atoms with E-state index in [1.54, 1.807) is 28.2 Å². The molecule has 0 radical (unpaired) electrons. The van der Waals surface area contributed by atoms with Gasteiger partial charge in [0.05, 0.1) is 25.1 Å². The van der Waals surface area contributed by atoms with Crippen LogP contribution in [-0.2, 0) is 0 Å². The molecule has 1 N–H and O–H groups in total. The number of hydrogen-bond donors (Lipinski definition) is 1. The lowest BCUT2D eigenvalue weighted by Gasteiger charge is -2.08. The number of nitrogens with zero attached hydrogens (tertiary/aromatic N) is 1. The molecule has 6 heteroatoms. The molecule has 0 atom stereocenters. The van der Waals surface area contributed by atoms with Gasteiger partial charge in [-0.2, -0.15) is 0 Å². The fourth-order valence-corrected chi connectivity index (χ4v) is 3.46. The van der Waals surface area contributed by atoms with Crippen LogP contribution >= 0.6 is 38.9 Å².